The van der Waals surface area contributed by atoms with Crippen molar-refractivity contribution < 1.29 is 28.8 Å². The third-order valence-electron chi connectivity index (χ3n) is 17.2. The molecule has 0 heterocycles. The molecule has 0 amide bonds. The van der Waals surface area contributed by atoms with E-state index in [-0.39, 0.29) is 29.8 Å². The van der Waals surface area contributed by atoms with Crippen molar-refractivity contribution in [1.82, 2.24) is 0 Å². The van der Waals surface area contributed by atoms with E-state index in [1.807, 2.05) is 27.7 Å². The second-order valence-electron chi connectivity index (χ2n) is 29.7. The van der Waals surface area contributed by atoms with E-state index >= 15 is 0 Å². The van der Waals surface area contributed by atoms with E-state index in [0.29, 0.717) is 70.5 Å². The molecular formula is C71H132O6. The van der Waals surface area contributed by atoms with Gasteiger partial charge in [-0.25, -0.2) is 0 Å². The van der Waals surface area contributed by atoms with Crippen molar-refractivity contribution in [1.29, 1.82) is 0 Å². The maximum atomic E-state index is 12.0. The Balaban J connectivity index is 0.000000945. The maximum absolute atomic E-state index is 12.0. The molecule has 6 heteroatoms. The van der Waals surface area contributed by atoms with Crippen molar-refractivity contribution in [3.8, 4) is 0 Å². The smallest absolute Gasteiger partial charge is 0.142 e. The number of rotatable bonds is 26. The minimum absolute atomic E-state index is 0.0160. The quantitative estimate of drug-likeness (QED) is 0.0800. The van der Waals surface area contributed by atoms with Crippen LogP contribution in [-0.4, -0.2) is 34.7 Å². The number of Topliss-reactive ketones (excluding diaryl/α,β-unsaturated/α-hetero) is 6. The number of carbonyl (C=O) groups is 6. The highest BCUT2D eigenvalue weighted by molar-refractivity contribution is 6.00. The Hall–Kier alpha value is -1.98. The Labute approximate surface area is 479 Å². The van der Waals surface area contributed by atoms with Crippen LogP contribution in [0.2, 0.25) is 0 Å². The van der Waals surface area contributed by atoms with E-state index in [2.05, 4.69) is 111 Å². The first-order valence-corrected chi connectivity index (χ1v) is 33.1. The number of hydrogen-bond donors (Lipinski definition) is 0. The molecule has 0 spiro atoms. The Kier molecular flexibility index (Phi) is 40.9. The summed E-state index contributed by atoms with van der Waals surface area (Å²) in [5, 5.41) is 0. The summed E-state index contributed by atoms with van der Waals surface area (Å²) in [6.45, 7) is 43.1. The lowest BCUT2D eigenvalue weighted by atomic mass is 9.76. The normalized spacial score (nSPS) is 23.8. The van der Waals surface area contributed by atoms with E-state index in [4.69, 9.17) is 0 Å². The number of ketones is 6. The van der Waals surface area contributed by atoms with Gasteiger partial charge in [0.25, 0.3) is 0 Å². The molecule has 4 aliphatic carbocycles. The molecule has 0 atom stereocenters. The summed E-state index contributed by atoms with van der Waals surface area (Å²) in [6.07, 6.45) is 30.4. The molecule has 77 heavy (non-hydrogen) atoms. The molecule has 4 rings (SSSR count). The predicted molar refractivity (Wildman–Crippen MR) is 331 cm³/mol. The van der Waals surface area contributed by atoms with Gasteiger partial charge in [-0.2, -0.15) is 0 Å². The van der Waals surface area contributed by atoms with Gasteiger partial charge in [-0.15, -0.1) is 0 Å². The first-order chi connectivity index (χ1) is 35.9. The molecule has 0 radical (unpaired) electrons. The van der Waals surface area contributed by atoms with Crippen molar-refractivity contribution in [3.63, 3.8) is 0 Å². The molecule has 452 valence electrons. The second-order valence-corrected chi connectivity index (χ2v) is 29.7. The minimum Gasteiger partial charge on any atom is -0.299 e. The van der Waals surface area contributed by atoms with Crippen LogP contribution in [-0.2, 0) is 28.8 Å². The van der Waals surface area contributed by atoms with E-state index in [9.17, 15) is 28.8 Å². The molecule has 0 aromatic carbocycles. The molecular weight excluding hydrogens is 949 g/mol. The van der Waals surface area contributed by atoms with E-state index < -0.39 is 0 Å². The third kappa shape index (κ3) is 38.4. The Morgan fingerprint density at radius 3 is 0.649 bits per heavy atom. The lowest BCUT2D eigenvalue weighted by molar-refractivity contribution is -0.130. The first kappa shape index (κ1) is 75.0. The fourth-order valence-electron chi connectivity index (χ4n) is 12.5. The topological polar surface area (TPSA) is 102 Å². The van der Waals surface area contributed by atoms with Gasteiger partial charge >= 0.3 is 0 Å². The lowest BCUT2D eigenvalue weighted by Gasteiger charge is -2.29. The van der Waals surface area contributed by atoms with E-state index in [0.717, 1.165) is 137 Å². The highest BCUT2D eigenvalue weighted by Crippen LogP contribution is 2.37. The van der Waals surface area contributed by atoms with Gasteiger partial charge in [-0.1, -0.05) is 138 Å². The molecule has 0 aliphatic heterocycles. The highest BCUT2D eigenvalue weighted by atomic mass is 16.2. The van der Waals surface area contributed by atoms with Crippen molar-refractivity contribution in [2.45, 2.75) is 312 Å². The van der Waals surface area contributed by atoms with Crippen LogP contribution in [0.5, 0.6) is 0 Å². The van der Waals surface area contributed by atoms with Crippen LogP contribution in [0.25, 0.3) is 0 Å². The van der Waals surface area contributed by atoms with Crippen LogP contribution < -0.4 is 0 Å². The van der Waals surface area contributed by atoms with Crippen LogP contribution in [0.1, 0.15) is 312 Å². The standard InChI is InChI=1S/2C16H30O.2C15H28O.C9H16O2/c2*1-12(2)5-10-16(17)15-8-6-14(7-9-15)11-13(3)4;2*1-11(2)9-13-5-7-14(8-6-13)15(16)10-12(3)4;1-6(2)8(10)5-9(11)7(3)4/h2*12-15H,5-11H2,1-4H3;2*11-14H,5-10H2,1-4H3;6-7H,5H2,1-4H3. The second kappa shape index (κ2) is 41.9. The Morgan fingerprint density at radius 1 is 0.273 bits per heavy atom. The molecule has 0 aromatic heterocycles. The summed E-state index contributed by atoms with van der Waals surface area (Å²) >= 11 is 0. The molecule has 0 bridgehead atoms. The average molecular weight is 1080 g/mol. The van der Waals surface area contributed by atoms with Gasteiger partial charge in [0.15, 0.2) is 0 Å². The monoisotopic (exact) mass is 1080 g/mol. The van der Waals surface area contributed by atoms with Crippen molar-refractivity contribution in [3.05, 3.63) is 0 Å². The molecule has 4 aliphatic rings. The summed E-state index contributed by atoms with van der Waals surface area (Å²) in [6, 6.07) is 0. The molecule has 6 nitrogen and oxygen atoms in total. The zero-order chi connectivity index (χ0) is 58.9. The number of carbonyl (C=O) groups excluding carboxylic acids is 6. The SMILES string of the molecule is CC(C)C(=O)CC(=O)C(C)C.CC(C)CC(=O)C1CCC(CC(C)C)CC1.CC(C)CC(=O)C1CCC(CC(C)C)CC1.CC(C)CCC(=O)C1CCC(CC(C)C)CC1.CC(C)CCC(=O)C1CCC(CC(C)C)CC1. The third-order valence-corrected chi connectivity index (χ3v) is 17.2. The average Bonchev–Trinajstić information content (AvgIpc) is 3.33. The zero-order valence-electron chi connectivity index (χ0n) is 54.9. The van der Waals surface area contributed by atoms with E-state index in [1.54, 1.807) is 0 Å². The van der Waals surface area contributed by atoms with Crippen LogP contribution in [0.15, 0.2) is 0 Å². The summed E-state index contributed by atoms with van der Waals surface area (Å²) in [7, 11) is 0. The fourth-order valence-corrected chi connectivity index (χ4v) is 12.5. The fraction of sp³-hybridized carbons (Fsp3) is 0.915. The molecule has 0 aromatic rings. The maximum Gasteiger partial charge on any atom is 0.142 e. The van der Waals surface area contributed by atoms with Gasteiger partial charge in [-0.3, -0.25) is 28.8 Å². The summed E-state index contributed by atoms with van der Waals surface area (Å²) in [5.74, 6) is 13.0. The Morgan fingerprint density at radius 2 is 0.481 bits per heavy atom. The Bertz CT molecular complexity index is 1450. The molecule has 4 saturated carbocycles. The summed E-state index contributed by atoms with van der Waals surface area (Å²) in [5.41, 5.74) is 0. The van der Waals surface area contributed by atoms with Crippen molar-refractivity contribution >= 4 is 34.7 Å². The molecule has 0 unspecified atom stereocenters. The van der Waals surface area contributed by atoms with Crippen molar-refractivity contribution in [2.24, 2.45) is 107 Å². The minimum atomic E-state index is -0.0160. The predicted octanol–water partition coefficient (Wildman–Crippen LogP) is 20.4. The van der Waals surface area contributed by atoms with Crippen molar-refractivity contribution in [2.75, 3.05) is 0 Å². The molecule has 0 N–H and O–H groups in total. The lowest BCUT2D eigenvalue weighted by Crippen LogP contribution is -2.23. The van der Waals surface area contributed by atoms with Gasteiger partial charge in [0.2, 0.25) is 0 Å². The van der Waals surface area contributed by atoms with Gasteiger partial charge in [0, 0.05) is 61.2 Å². The van der Waals surface area contributed by atoms with Crippen LogP contribution in [0, 0.1) is 107 Å². The van der Waals surface area contributed by atoms with Gasteiger partial charge in [0.1, 0.15) is 34.7 Å². The molecule has 4 fully saturated rings. The van der Waals surface area contributed by atoms with Gasteiger partial charge < -0.3 is 0 Å². The first-order valence-electron chi connectivity index (χ1n) is 33.1. The highest BCUT2D eigenvalue weighted by Gasteiger charge is 2.30. The van der Waals surface area contributed by atoms with Gasteiger partial charge in [0.05, 0.1) is 6.42 Å². The summed E-state index contributed by atoms with van der Waals surface area (Å²) < 4.78 is 0. The number of hydrogen-bond acceptors (Lipinski definition) is 6. The van der Waals surface area contributed by atoms with Crippen LogP contribution in [0.3, 0.4) is 0 Å². The van der Waals surface area contributed by atoms with E-state index in [1.165, 1.54) is 77.0 Å². The zero-order valence-corrected chi connectivity index (χ0v) is 54.9. The summed E-state index contributed by atoms with van der Waals surface area (Å²) in [4.78, 5) is 70.0. The van der Waals surface area contributed by atoms with Gasteiger partial charge in [-0.05, 0) is 212 Å². The largest absolute Gasteiger partial charge is 0.299 e. The van der Waals surface area contributed by atoms with Crippen LogP contribution >= 0.6 is 0 Å². The van der Waals surface area contributed by atoms with Crippen LogP contribution in [0.4, 0.5) is 0 Å². The molecule has 0 saturated heterocycles.